The molecule has 0 unspecified atom stereocenters. The van der Waals surface area contributed by atoms with Gasteiger partial charge in [0, 0.05) is 37.2 Å². The number of esters is 2. The maximum Gasteiger partial charge on any atom is 0.491 e. The third-order valence-electron chi connectivity index (χ3n) is 4.97. The second-order valence-electron chi connectivity index (χ2n) is 7.90. The molecule has 0 bridgehead atoms. The lowest BCUT2D eigenvalue weighted by Gasteiger charge is -2.20. The minimum atomic E-state index is -5.40. The number of carbonyl (C=O) groups excluding carboxylic acids is 2. The Morgan fingerprint density at radius 1 is 1.05 bits per heavy atom. The molecule has 0 atom stereocenters. The van der Waals surface area contributed by atoms with Crippen LogP contribution < -0.4 is 14.9 Å². The molecule has 0 saturated heterocycles. The van der Waals surface area contributed by atoms with Gasteiger partial charge in [0.25, 0.3) is 0 Å². The lowest BCUT2D eigenvalue weighted by Crippen LogP contribution is -2.28. The van der Waals surface area contributed by atoms with E-state index >= 15 is 0 Å². The number of aromatic nitrogens is 3. The molecule has 0 fully saturated rings. The number of nitrogens with one attached hydrogen (secondary N) is 2. The Kier molecular flexibility index (Phi) is 8.51. The van der Waals surface area contributed by atoms with Crippen LogP contribution in [0.2, 0.25) is 0 Å². The van der Waals surface area contributed by atoms with Gasteiger partial charge in [-0.25, -0.2) is 28.0 Å². The van der Waals surface area contributed by atoms with E-state index in [0.717, 1.165) is 22.7 Å². The molecule has 214 valence electrons. The van der Waals surface area contributed by atoms with Crippen LogP contribution in [0.3, 0.4) is 0 Å². The summed E-state index contributed by atoms with van der Waals surface area (Å²) >= 11 is 0. The number of ether oxygens (including phenoxy) is 1. The largest absolute Gasteiger partial charge is 0.491 e. The van der Waals surface area contributed by atoms with E-state index in [1.54, 1.807) is 0 Å². The molecule has 3 aromatic rings. The Labute approximate surface area is 222 Å². The van der Waals surface area contributed by atoms with Crippen molar-refractivity contribution < 1.29 is 49.1 Å². The lowest BCUT2D eigenvalue weighted by atomic mass is 10.2. The number of pyridine rings is 1. The summed E-state index contributed by atoms with van der Waals surface area (Å²) in [5.74, 6) is -5.49. The summed E-state index contributed by atoms with van der Waals surface area (Å²) in [6.45, 7) is -0.336. The molecular weight excluding hydrogens is 574 g/mol. The molecule has 3 rings (SSSR count). The first-order valence-electron chi connectivity index (χ1n) is 10.7. The molecule has 0 saturated carbocycles. The maximum atomic E-state index is 13.6. The Morgan fingerprint density at radius 2 is 1.75 bits per heavy atom. The van der Waals surface area contributed by atoms with Crippen molar-refractivity contribution >= 4 is 45.2 Å². The molecule has 2 N–H and O–H groups in total. The topological polar surface area (TPSA) is 143 Å². The van der Waals surface area contributed by atoms with Crippen molar-refractivity contribution in [2.75, 3.05) is 28.2 Å². The van der Waals surface area contributed by atoms with Gasteiger partial charge in [0.2, 0.25) is 16.0 Å². The Hall–Kier alpha value is -4.48. The van der Waals surface area contributed by atoms with Crippen molar-refractivity contribution in [2.45, 2.75) is 18.9 Å². The summed E-state index contributed by atoms with van der Waals surface area (Å²) in [5, 5.41) is 4.99. The third-order valence-corrected chi connectivity index (χ3v) is 6.14. The summed E-state index contributed by atoms with van der Waals surface area (Å²) in [6.07, 6.45) is -7.61. The monoisotopic (exact) mass is 592 g/mol. The predicted molar refractivity (Wildman–Crippen MR) is 128 cm³/mol. The number of nitrogens with zero attached hydrogens (tertiary/aromatic N) is 4. The number of hydrogen-bond acceptors (Lipinski definition) is 10. The van der Waals surface area contributed by atoms with Gasteiger partial charge in [-0.15, -0.1) is 0 Å². The summed E-state index contributed by atoms with van der Waals surface area (Å²) in [7, 11) is -2.52. The highest BCUT2D eigenvalue weighted by atomic mass is 32.2. The number of rotatable bonds is 8. The van der Waals surface area contributed by atoms with E-state index in [4.69, 9.17) is 0 Å². The minimum Gasteiger partial charge on any atom is -0.383 e. The van der Waals surface area contributed by atoms with Crippen LogP contribution in [0.25, 0.3) is 0 Å². The van der Waals surface area contributed by atoms with Crippen LogP contribution in [0.5, 0.6) is 0 Å². The maximum absolute atomic E-state index is 13.6. The van der Waals surface area contributed by atoms with Crippen molar-refractivity contribution in [3.63, 3.8) is 0 Å². The van der Waals surface area contributed by atoms with E-state index in [2.05, 4.69) is 30.3 Å². The zero-order chi connectivity index (χ0) is 29.9. The second kappa shape index (κ2) is 11.3. The Morgan fingerprint density at radius 3 is 2.38 bits per heavy atom. The summed E-state index contributed by atoms with van der Waals surface area (Å²) in [6, 6.07) is 7.38. The first-order chi connectivity index (χ1) is 18.5. The van der Waals surface area contributed by atoms with E-state index in [9.17, 15) is 44.3 Å². The lowest BCUT2D eigenvalue weighted by molar-refractivity contribution is -0.193. The second-order valence-corrected chi connectivity index (χ2v) is 9.92. The highest BCUT2D eigenvalue weighted by Crippen LogP contribution is 2.34. The van der Waals surface area contributed by atoms with E-state index in [-0.39, 0.29) is 23.6 Å². The molecule has 1 aromatic carbocycles. The fraction of sp³-hybridized carbons (Fsp3) is 0.227. The smallest absolute Gasteiger partial charge is 0.383 e. The van der Waals surface area contributed by atoms with Crippen LogP contribution in [0, 0.1) is 0 Å². The van der Waals surface area contributed by atoms with Crippen LogP contribution in [-0.2, 0) is 32.3 Å². The molecule has 2 heterocycles. The van der Waals surface area contributed by atoms with Gasteiger partial charge in [0.05, 0.1) is 11.8 Å². The SMILES string of the molecule is CN(c1ncccc1CNc1nc(Nc2cccc(C(=O)OC(=O)C(F)(F)F)c2)ncc1C(F)(F)F)S(C)(=O)=O. The zero-order valence-corrected chi connectivity index (χ0v) is 21.1. The van der Waals surface area contributed by atoms with Crippen molar-refractivity contribution in [1.29, 1.82) is 0 Å². The van der Waals surface area contributed by atoms with Crippen molar-refractivity contribution in [2.24, 2.45) is 0 Å². The standard InChI is InChI=1S/C22H18F6N6O5S/c1-34(40(2,37)38)17-13(6-4-8-29-17)10-30-16-15(21(23,24)25)11-31-20(33-16)32-14-7-3-5-12(9-14)18(35)39-19(36)22(26,27)28/h3-9,11H,10H2,1-2H3,(H2,30,31,32,33). The molecular formula is C22H18F6N6O5S. The highest BCUT2D eigenvalue weighted by Gasteiger charge is 2.42. The number of sulfonamides is 1. The van der Waals surface area contributed by atoms with Crippen molar-refractivity contribution in [3.8, 4) is 0 Å². The van der Waals surface area contributed by atoms with Gasteiger partial charge in [-0.3, -0.25) is 4.31 Å². The van der Waals surface area contributed by atoms with Gasteiger partial charge in [-0.2, -0.15) is 31.3 Å². The van der Waals surface area contributed by atoms with Gasteiger partial charge in [0.1, 0.15) is 17.2 Å². The van der Waals surface area contributed by atoms with Gasteiger partial charge < -0.3 is 15.4 Å². The first-order valence-corrected chi connectivity index (χ1v) is 12.6. The van der Waals surface area contributed by atoms with Gasteiger partial charge in [-0.1, -0.05) is 12.1 Å². The average Bonchev–Trinajstić information content (AvgIpc) is 2.85. The van der Waals surface area contributed by atoms with Crippen LogP contribution in [0.15, 0.2) is 48.8 Å². The Bertz CT molecular complexity index is 1530. The fourth-order valence-electron chi connectivity index (χ4n) is 3.03. The number of carbonyl (C=O) groups is 2. The van der Waals surface area contributed by atoms with Gasteiger partial charge in [0.15, 0.2) is 0 Å². The number of hydrogen-bond donors (Lipinski definition) is 2. The molecule has 2 aromatic heterocycles. The molecule has 40 heavy (non-hydrogen) atoms. The number of benzene rings is 1. The summed E-state index contributed by atoms with van der Waals surface area (Å²) in [4.78, 5) is 34.2. The average molecular weight is 592 g/mol. The van der Waals surface area contributed by atoms with Crippen LogP contribution in [0.1, 0.15) is 21.5 Å². The molecule has 11 nitrogen and oxygen atoms in total. The fourth-order valence-corrected chi connectivity index (χ4v) is 3.50. The first kappa shape index (κ1) is 30.1. The normalized spacial score (nSPS) is 12.0. The molecule has 0 aliphatic carbocycles. The molecule has 0 spiro atoms. The zero-order valence-electron chi connectivity index (χ0n) is 20.3. The molecule has 0 aliphatic heterocycles. The minimum absolute atomic E-state index is 0.0360. The van der Waals surface area contributed by atoms with Crippen LogP contribution in [0.4, 0.5) is 49.6 Å². The molecule has 18 heteroatoms. The van der Waals surface area contributed by atoms with E-state index < -0.39 is 57.2 Å². The molecule has 0 amide bonds. The van der Waals surface area contributed by atoms with E-state index in [0.29, 0.717) is 6.20 Å². The van der Waals surface area contributed by atoms with E-state index in [1.165, 1.54) is 37.5 Å². The molecule has 0 radical (unpaired) electrons. The predicted octanol–water partition coefficient (Wildman–Crippen LogP) is 3.89. The number of anilines is 4. The van der Waals surface area contributed by atoms with Crippen LogP contribution >= 0.6 is 0 Å². The summed E-state index contributed by atoms with van der Waals surface area (Å²) in [5.41, 5.74) is -1.56. The van der Waals surface area contributed by atoms with Crippen LogP contribution in [-0.4, -0.2) is 54.8 Å². The highest BCUT2D eigenvalue weighted by molar-refractivity contribution is 7.92. The number of alkyl halides is 6. The summed E-state index contributed by atoms with van der Waals surface area (Å²) < 4.78 is 106. The third kappa shape index (κ3) is 7.55. The van der Waals surface area contributed by atoms with Crippen molar-refractivity contribution in [1.82, 2.24) is 15.0 Å². The van der Waals surface area contributed by atoms with Crippen molar-refractivity contribution in [3.05, 3.63) is 65.5 Å². The van der Waals surface area contributed by atoms with Gasteiger partial charge in [-0.05, 0) is 24.3 Å². The quantitative estimate of drug-likeness (QED) is 0.225. The van der Waals surface area contributed by atoms with Gasteiger partial charge >= 0.3 is 24.3 Å². The number of halogens is 6. The van der Waals surface area contributed by atoms with E-state index in [1.807, 2.05) is 0 Å². The Balaban J connectivity index is 1.87. The molecule has 0 aliphatic rings.